The van der Waals surface area contributed by atoms with Crippen LogP contribution in [0.15, 0.2) is 42.6 Å². The second-order valence-corrected chi connectivity index (χ2v) is 5.66. The van der Waals surface area contributed by atoms with Gasteiger partial charge in [0.05, 0.1) is 18.5 Å². The molecule has 2 aromatic rings. The molecule has 2 N–H and O–H groups in total. The third-order valence-corrected chi connectivity index (χ3v) is 3.08. The van der Waals surface area contributed by atoms with Crippen LogP contribution in [0.3, 0.4) is 0 Å². The number of pyridine rings is 1. The zero-order valence-corrected chi connectivity index (χ0v) is 13.8. The summed E-state index contributed by atoms with van der Waals surface area (Å²) in [5.41, 5.74) is 1.81. The first-order valence-corrected chi connectivity index (χ1v) is 7.82. The van der Waals surface area contributed by atoms with E-state index in [-0.39, 0.29) is 5.91 Å². The molecule has 1 amide bonds. The fourth-order valence-corrected chi connectivity index (χ4v) is 2.07. The number of ether oxygens (including phenoxy) is 1. The van der Waals surface area contributed by atoms with Gasteiger partial charge in [-0.25, -0.2) is 4.98 Å². The van der Waals surface area contributed by atoms with Gasteiger partial charge in [0.1, 0.15) is 11.6 Å². The molecular formula is C18H23N3O2. The summed E-state index contributed by atoms with van der Waals surface area (Å²) in [7, 11) is 0. The van der Waals surface area contributed by atoms with Crippen LogP contribution < -0.4 is 15.4 Å². The summed E-state index contributed by atoms with van der Waals surface area (Å²) < 4.78 is 5.41. The van der Waals surface area contributed by atoms with Crippen molar-refractivity contribution in [1.29, 1.82) is 0 Å². The van der Waals surface area contributed by atoms with Crippen LogP contribution in [0, 0.1) is 5.92 Å². The SMILES string of the molecule is CCOc1ccc(Nc2ccc(NC(=O)CC(C)C)nc2)cc1. The van der Waals surface area contributed by atoms with Crippen LogP contribution in [0.4, 0.5) is 17.2 Å². The number of hydrogen-bond donors (Lipinski definition) is 2. The Hall–Kier alpha value is -2.56. The third-order valence-electron chi connectivity index (χ3n) is 3.08. The molecule has 0 radical (unpaired) electrons. The van der Waals surface area contributed by atoms with E-state index >= 15 is 0 Å². The van der Waals surface area contributed by atoms with Crippen LogP contribution in [-0.4, -0.2) is 17.5 Å². The minimum Gasteiger partial charge on any atom is -0.494 e. The summed E-state index contributed by atoms with van der Waals surface area (Å²) in [6, 6.07) is 11.4. The minimum absolute atomic E-state index is 0.0141. The van der Waals surface area contributed by atoms with Crippen molar-refractivity contribution in [2.24, 2.45) is 5.92 Å². The van der Waals surface area contributed by atoms with Crippen molar-refractivity contribution in [1.82, 2.24) is 4.98 Å². The molecule has 23 heavy (non-hydrogen) atoms. The lowest BCUT2D eigenvalue weighted by molar-refractivity contribution is -0.116. The molecule has 0 bridgehead atoms. The van der Waals surface area contributed by atoms with Crippen LogP contribution >= 0.6 is 0 Å². The van der Waals surface area contributed by atoms with E-state index in [2.05, 4.69) is 15.6 Å². The summed E-state index contributed by atoms with van der Waals surface area (Å²) in [5, 5.41) is 6.05. The quantitative estimate of drug-likeness (QED) is 0.804. The normalized spacial score (nSPS) is 10.4. The summed E-state index contributed by atoms with van der Waals surface area (Å²) in [6.07, 6.45) is 2.19. The molecule has 5 heteroatoms. The van der Waals surface area contributed by atoms with Crippen LogP contribution in [-0.2, 0) is 4.79 Å². The molecule has 1 aromatic heterocycles. The maximum atomic E-state index is 11.7. The van der Waals surface area contributed by atoms with Crippen molar-refractivity contribution in [2.45, 2.75) is 27.2 Å². The van der Waals surface area contributed by atoms with Crippen LogP contribution in [0.25, 0.3) is 0 Å². The molecular weight excluding hydrogens is 290 g/mol. The molecule has 0 saturated carbocycles. The first-order valence-electron chi connectivity index (χ1n) is 7.82. The number of benzene rings is 1. The molecule has 0 spiro atoms. The second-order valence-electron chi connectivity index (χ2n) is 5.66. The monoisotopic (exact) mass is 313 g/mol. The number of rotatable bonds is 7. The Balaban J connectivity index is 1.93. The summed E-state index contributed by atoms with van der Waals surface area (Å²) >= 11 is 0. The van der Waals surface area contributed by atoms with Gasteiger partial charge in [-0.1, -0.05) is 13.8 Å². The zero-order valence-electron chi connectivity index (χ0n) is 13.8. The fraction of sp³-hybridized carbons (Fsp3) is 0.333. The highest BCUT2D eigenvalue weighted by Gasteiger charge is 2.06. The lowest BCUT2D eigenvalue weighted by Crippen LogP contribution is -2.14. The van der Waals surface area contributed by atoms with Crippen LogP contribution in [0.5, 0.6) is 5.75 Å². The van der Waals surface area contributed by atoms with Crippen molar-refractivity contribution in [2.75, 3.05) is 17.2 Å². The first kappa shape index (κ1) is 16.8. The number of nitrogens with zero attached hydrogens (tertiary/aromatic N) is 1. The Morgan fingerprint density at radius 1 is 1.13 bits per heavy atom. The fourth-order valence-electron chi connectivity index (χ4n) is 2.07. The second kappa shape index (κ2) is 8.17. The Morgan fingerprint density at radius 3 is 2.39 bits per heavy atom. The number of amides is 1. The highest BCUT2D eigenvalue weighted by atomic mass is 16.5. The third kappa shape index (κ3) is 5.62. The number of anilines is 3. The van der Waals surface area contributed by atoms with E-state index in [1.54, 1.807) is 12.3 Å². The van der Waals surface area contributed by atoms with Gasteiger partial charge < -0.3 is 15.4 Å². The number of aromatic nitrogens is 1. The average Bonchev–Trinajstić information content (AvgIpc) is 2.51. The molecule has 0 unspecified atom stereocenters. The van der Waals surface area contributed by atoms with Gasteiger partial charge in [-0.2, -0.15) is 0 Å². The van der Waals surface area contributed by atoms with Crippen molar-refractivity contribution in [3.8, 4) is 5.75 Å². The van der Waals surface area contributed by atoms with Gasteiger partial charge >= 0.3 is 0 Å². The maximum Gasteiger partial charge on any atom is 0.225 e. The first-order chi connectivity index (χ1) is 11.1. The van der Waals surface area contributed by atoms with E-state index in [9.17, 15) is 4.79 Å². The number of carbonyl (C=O) groups is 1. The van der Waals surface area contributed by atoms with Gasteiger partial charge in [-0.05, 0) is 49.2 Å². The van der Waals surface area contributed by atoms with E-state index < -0.39 is 0 Å². The molecule has 0 aliphatic carbocycles. The number of nitrogens with one attached hydrogen (secondary N) is 2. The van der Waals surface area contributed by atoms with E-state index in [1.807, 2.05) is 51.1 Å². The molecule has 5 nitrogen and oxygen atoms in total. The summed E-state index contributed by atoms with van der Waals surface area (Å²) in [6.45, 7) is 6.63. The zero-order chi connectivity index (χ0) is 16.7. The summed E-state index contributed by atoms with van der Waals surface area (Å²) in [5.74, 6) is 1.72. The Labute approximate surface area is 137 Å². The van der Waals surface area contributed by atoms with Crippen molar-refractivity contribution < 1.29 is 9.53 Å². The predicted octanol–water partition coefficient (Wildman–Crippen LogP) is 4.21. The summed E-state index contributed by atoms with van der Waals surface area (Å²) in [4.78, 5) is 16.0. The van der Waals surface area contributed by atoms with Gasteiger partial charge in [0, 0.05) is 12.1 Å². The van der Waals surface area contributed by atoms with Crippen molar-refractivity contribution >= 4 is 23.1 Å². The van der Waals surface area contributed by atoms with E-state index in [0.29, 0.717) is 24.8 Å². The minimum atomic E-state index is -0.0141. The maximum absolute atomic E-state index is 11.7. The largest absolute Gasteiger partial charge is 0.494 e. The van der Waals surface area contributed by atoms with Crippen molar-refractivity contribution in [3.05, 3.63) is 42.6 Å². The predicted molar refractivity (Wildman–Crippen MR) is 93.2 cm³/mol. The van der Waals surface area contributed by atoms with Crippen molar-refractivity contribution in [3.63, 3.8) is 0 Å². The molecule has 1 aromatic carbocycles. The molecule has 0 saturated heterocycles. The van der Waals surface area contributed by atoms with E-state index in [4.69, 9.17) is 4.74 Å². The average molecular weight is 313 g/mol. The van der Waals surface area contributed by atoms with E-state index in [0.717, 1.165) is 17.1 Å². The van der Waals surface area contributed by atoms with Gasteiger partial charge in [-0.15, -0.1) is 0 Å². The lowest BCUT2D eigenvalue weighted by Gasteiger charge is -2.09. The van der Waals surface area contributed by atoms with Crippen LogP contribution in [0.1, 0.15) is 27.2 Å². The topological polar surface area (TPSA) is 63.2 Å². The Bertz CT molecular complexity index is 622. The number of carbonyl (C=O) groups excluding carboxylic acids is 1. The Kier molecular flexibility index (Phi) is 5.97. The molecule has 2 rings (SSSR count). The highest BCUT2D eigenvalue weighted by Crippen LogP contribution is 2.20. The lowest BCUT2D eigenvalue weighted by atomic mass is 10.1. The molecule has 0 aliphatic heterocycles. The molecule has 0 aliphatic rings. The molecule has 0 atom stereocenters. The smallest absolute Gasteiger partial charge is 0.225 e. The molecule has 1 heterocycles. The molecule has 0 fully saturated rings. The van der Waals surface area contributed by atoms with E-state index in [1.165, 1.54) is 0 Å². The van der Waals surface area contributed by atoms with Crippen LogP contribution in [0.2, 0.25) is 0 Å². The standard InChI is InChI=1S/C18H23N3O2/c1-4-23-16-8-5-14(6-9-16)20-15-7-10-17(19-12-15)21-18(22)11-13(2)3/h5-10,12-13,20H,4,11H2,1-3H3,(H,19,21,22). The van der Waals surface area contributed by atoms with Gasteiger partial charge in [-0.3, -0.25) is 4.79 Å². The highest BCUT2D eigenvalue weighted by molar-refractivity contribution is 5.89. The molecule has 122 valence electrons. The van der Waals surface area contributed by atoms with Gasteiger partial charge in [0.25, 0.3) is 0 Å². The number of hydrogen-bond acceptors (Lipinski definition) is 4. The van der Waals surface area contributed by atoms with Gasteiger partial charge in [0.15, 0.2) is 0 Å². The Morgan fingerprint density at radius 2 is 1.83 bits per heavy atom. The van der Waals surface area contributed by atoms with Gasteiger partial charge in [0.2, 0.25) is 5.91 Å².